The summed E-state index contributed by atoms with van der Waals surface area (Å²) in [5.41, 5.74) is 2.48. The molecule has 1 aliphatic rings. The van der Waals surface area contributed by atoms with Crippen LogP contribution in [0.15, 0.2) is 12.1 Å². The quantitative estimate of drug-likeness (QED) is 0.746. The molecule has 4 heteroatoms. The largest absolute Gasteiger partial charge is 0.496 e. The number of rotatable bonds is 2. The molecule has 1 aromatic carbocycles. The lowest BCUT2D eigenvalue weighted by Crippen LogP contribution is -2.07. The maximum atomic E-state index is 11.6. The number of hydrogen-bond acceptors (Lipinski definition) is 4. The van der Waals surface area contributed by atoms with Gasteiger partial charge in [-0.3, -0.25) is 0 Å². The van der Waals surface area contributed by atoms with Crippen molar-refractivity contribution in [2.75, 3.05) is 26.1 Å². The minimum absolute atomic E-state index is 0.363. The lowest BCUT2D eigenvalue weighted by molar-refractivity contribution is 0.0598. The van der Waals surface area contributed by atoms with E-state index in [4.69, 9.17) is 9.47 Å². The van der Waals surface area contributed by atoms with Crippen LogP contribution in [0.25, 0.3) is 0 Å². The van der Waals surface area contributed by atoms with Crippen LogP contribution in [0.3, 0.4) is 0 Å². The first-order valence-corrected chi connectivity index (χ1v) is 4.80. The van der Waals surface area contributed by atoms with E-state index in [0.717, 1.165) is 24.2 Å². The smallest absolute Gasteiger partial charge is 0.343 e. The molecule has 1 aromatic rings. The van der Waals surface area contributed by atoms with E-state index in [0.29, 0.717) is 11.3 Å². The van der Waals surface area contributed by atoms with E-state index < -0.39 is 0 Å². The number of ether oxygens (including phenoxy) is 2. The molecule has 4 nitrogen and oxygen atoms in total. The van der Waals surface area contributed by atoms with Gasteiger partial charge in [0.25, 0.3) is 0 Å². The van der Waals surface area contributed by atoms with Crippen molar-refractivity contribution in [1.29, 1.82) is 0 Å². The summed E-state index contributed by atoms with van der Waals surface area (Å²) < 4.78 is 9.90. The highest BCUT2D eigenvalue weighted by molar-refractivity contribution is 6.00. The minimum atomic E-state index is -0.363. The highest BCUT2D eigenvalue weighted by atomic mass is 16.5. The van der Waals surface area contributed by atoms with Crippen LogP contribution in [0.2, 0.25) is 0 Å². The van der Waals surface area contributed by atoms with Crippen LogP contribution < -0.4 is 10.1 Å². The van der Waals surface area contributed by atoms with Gasteiger partial charge >= 0.3 is 5.97 Å². The van der Waals surface area contributed by atoms with Gasteiger partial charge in [-0.1, -0.05) is 6.07 Å². The molecule has 15 heavy (non-hydrogen) atoms. The Morgan fingerprint density at radius 1 is 1.40 bits per heavy atom. The fourth-order valence-corrected chi connectivity index (χ4v) is 1.83. The molecule has 0 amide bonds. The predicted octanol–water partition coefficient (Wildman–Crippen LogP) is 1.45. The highest BCUT2D eigenvalue weighted by Gasteiger charge is 2.23. The van der Waals surface area contributed by atoms with E-state index in [1.807, 2.05) is 6.07 Å². The maximum absolute atomic E-state index is 11.6. The van der Waals surface area contributed by atoms with Crippen molar-refractivity contribution in [3.05, 3.63) is 23.3 Å². The summed E-state index contributed by atoms with van der Waals surface area (Å²) in [7, 11) is 2.92. The van der Waals surface area contributed by atoms with Crippen LogP contribution >= 0.6 is 0 Å². The average Bonchev–Trinajstić information content (AvgIpc) is 2.74. The van der Waals surface area contributed by atoms with Gasteiger partial charge in [-0.05, 0) is 18.1 Å². The molecule has 0 atom stereocenters. The first kappa shape index (κ1) is 9.83. The predicted molar refractivity (Wildman–Crippen MR) is 56.5 cm³/mol. The summed E-state index contributed by atoms with van der Waals surface area (Å²) in [6, 6.07) is 3.78. The fraction of sp³-hybridized carbons (Fsp3) is 0.364. The molecule has 0 unspecified atom stereocenters. The molecule has 0 aromatic heterocycles. The minimum Gasteiger partial charge on any atom is -0.496 e. The SMILES string of the molecule is COC(=O)c1c(OC)ccc2c1NCC2. The average molecular weight is 207 g/mol. The van der Waals surface area contributed by atoms with E-state index in [1.165, 1.54) is 7.11 Å². The van der Waals surface area contributed by atoms with Gasteiger partial charge in [0.15, 0.2) is 0 Å². The topological polar surface area (TPSA) is 47.6 Å². The van der Waals surface area contributed by atoms with Crippen molar-refractivity contribution in [1.82, 2.24) is 0 Å². The van der Waals surface area contributed by atoms with Gasteiger partial charge in [-0.25, -0.2) is 4.79 Å². The van der Waals surface area contributed by atoms with Crippen molar-refractivity contribution in [2.24, 2.45) is 0 Å². The summed E-state index contributed by atoms with van der Waals surface area (Å²) in [6.45, 7) is 0.854. The Morgan fingerprint density at radius 3 is 2.87 bits per heavy atom. The fourth-order valence-electron chi connectivity index (χ4n) is 1.83. The first-order chi connectivity index (χ1) is 7.27. The van der Waals surface area contributed by atoms with E-state index in [1.54, 1.807) is 13.2 Å². The molecule has 0 bridgehead atoms. The Balaban J connectivity index is 2.57. The second-order valence-electron chi connectivity index (χ2n) is 3.35. The zero-order valence-electron chi connectivity index (χ0n) is 8.79. The van der Waals surface area contributed by atoms with E-state index >= 15 is 0 Å². The normalized spacial score (nSPS) is 12.9. The van der Waals surface area contributed by atoms with Gasteiger partial charge in [0, 0.05) is 6.54 Å². The molecule has 0 saturated heterocycles. The molecule has 0 radical (unpaired) electrons. The molecule has 0 aliphatic carbocycles. The molecule has 0 saturated carbocycles. The lowest BCUT2D eigenvalue weighted by Gasteiger charge is -2.11. The third-order valence-corrected chi connectivity index (χ3v) is 2.56. The van der Waals surface area contributed by atoms with Crippen molar-refractivity contribution in [3.8, 4) is 5.75 Å². The number of esters is 1. The summed E-state index contributed by atoms with van der Waals surface area (Å²) in [5.74, 6) is 0.188. The standard InChI is InChI=1S/C11H13NO3/c1-14-8-4-3-7-5-6-12-10(7)9(8)11(13)15-2/h3-4,12H,5-6H2,1-2H3. The molecular weight excluding hydrogens is 194 g/mol. The molecule has 0 fully saturated rings. The Kier molecular flexibility index (Phi) is 2.49. The molecule has 80 valence electrons. The second-order valence-corrected chi connectivity index (χ2v) is 3.35. The highest BCUT2D eigenvalue weighted by Crippen LogP contribution is 2.33. The van der Waals surface area contributed by atoms with Gasteiger partial charge < -0.3 is 14.8 Å². The molecule has 1 N–H and O–H groups in total. The van der Waals surface area contributed by atoms with E-state index in [9.17, 15) is 4.79 Å². The van der Waals surface area contributed by atoms with Crippen LogP contribution in [-0.4, -0.2) is 26.7 Å². The maximum Gasteiger partial charge on any atom is 0.343 e. The van der Waals surface area contributed by atoms with Crippen LogP contribution in [0.1, 0.15) is 15.9 Å². The molecule has 0 spiro atoms. The summed E-state index contributed by atoms with van der Waals surface area (Å²) in [5, 5.41) is 3.18. The number of anilines is 1. The van der Waals surface area contributed by atoms with Crippen LogP contribution in [-0.2, 0) is 11.2 Å². The van der Waals surface area contributed by atoms with Crippen molar-refractivity contribution < 1.29 is 14.3 Å². The second kappa shape index (κ2) is 3.81. The zero-order valence-corrected chi connectivity index (χ0v) is 8.79. The summed E-state index contributed by atoms with van der Waals surface area (Å²) in [4.78, 5) is 11.6. The van der Waals surface area contributed by atoms with Crippen molar-refractivity contribution in [2.45, 2.75) is 6.42 Å². The van der Waals surface area contributed by atoms with E-state index in [2.05, 4.69) is 5.32 Å². The Hall–Kier alpha value is -1.71. The number of benzene rings is 1. The molecule has 1 aliphatic heterocycles. The number of nitrogens with one attached hydrogen (secondary N) is 1. The zero-order chi connectivity index (χ0) is 10.8. The summed E-state index contributed by atoms with van der Waals surface area (Å²) >= 11 is 0. The van der Waals surface area contributed by atoms with Crippen molar-refractivity contribution in [3.63, 3.8) is 0 Å². The number of methoxy groups -OCH3 is 2. The van der Waals surface area contributed by atoms with Crippen LogP contribution in [0, 0.1) is 0 Å². The number of carbonyl (C=O) groups excluding carboxylic acids is 1. The van der Waals surface area contributed by atoms with E-state index in [-0.39, 0.29) is 5.97 Å². The Labute approximate surface area is 88.2 Å². The van der Waals surface area contributed by atoms with Gasteiger partial charge in [0.05, 0.1) is 19.9 Å². The van der Waals surface area contributed by atoms with Gasteiger partial charge in [0.1, 0.15) is 11.3 Å². The van der Waals surface area contributed by atoms with Gasteiger partial charge in [-0.15, -0.1) is 0 Å². The Morgan fingerprint density at radius 2 is 2.20 bits per heavy atom. The van der Waals surface area contributed by atoms with Crippen molar-refractivity contribution >= 4 is 11.7 Å². The molecular formula is C11H13NO3. The number of fused-ring (bicyclic) bond motifs is 1. The molecule has 2 rings (SSSR count). The first-order valence-electron chi connectivity index (χ1n) is 4.80. The van der Waals surface area contributed by atoms with Crippen LogP contribution in [0.5, 0.6) is 5.75 Å². The van der Waals surface area contributed by atoms with Gasteiger partial charge in [0.2, 0.25) is 0 Å². The van der Waals surface area contributed by atoms with Crippen LogP contribution in [0.4, 0.5) is 5.69 Å². The third kappa shape index (κ3) is 1.52. The number of carbonyl (C=O) groups is 1. The lowest BCUT2D eigenvalue weighted by atomic mass is 10.1. The summed E-state index contributed by atoms with van der Waals surface area (Å²) in [6.07, 6.45) is 0.934. The Bertz CT molecular complexity index is 401. The monoisotopic (exact) mass is 207 g/mol. The third-order valence-electron chi connectivity index (χ3n) is 2.56. The van der Waals surface area contributed by atoms with Gasteiger partial charge in [-0.2, -0.15) is 0 Å². The molecule has 1 heterocycles. The number of hydrogen-bond donors (Lipinski definition) is 1.